The lowest BCUT2D eigenvalue weighted by atomic mass is 9.99. The van der Waals surface area contributed by atoms with Crippen molar-refractivity contribution in [1.82, 2.24) is 15.1 Å². The summed E-state index contributed by atoms with van der Waals surface area (Å²) >= 11 is 1.48. The summed E-state index contributed by atoms with van der Waals surface area (Å²) < 4.78 is 0. The number of likely N-dealkylation sites (N-methyl/N-ethyl adjacent to an activating group) is 2. The molecule has 1 saturated heterocycles. The third-order valence-corrected chi connectivity index (χ3v) is 7.13. The monoisotopic (exact) mass is 390 g/mol. The Morgan fingerprint density at radius 2 is 2.04 bits per heavy atom. The third-order valence-electron chi connectivity index (χ3n) is 5.84. The molecule has 7 nitrogen and oxygen atoms in total. The summed E-state index contributed by atoms with van der Waals surface area (Å²) in [6.45, 7) is 2.27. The van der Waals surface area contributed by atoms with Crippen LogP contribution in [0.5, 0.6) is 0 Å². The molecule has 0 spiro atoms. The normalized spacial score (nSPS) is 23.2. The van der Waals surface area contributed by atoms with Crippen LogP contribution in [0.15, 0.2) is 0 Å². The molecular weight excluding hydrogens is 364 g/mol. The van der Waals surface area contributed by atoms with Crippen LogP contribution in [0.1, 0.15) is 46.5 Å². The number of amides is 3. The van der Waals surface area contributed by atoms with Crippen LogP contribution >= 0.6 is 11.3 Å². The molecule has 27 heavy (non-hydrogen) atoms. The van der Waals surface area contributed by atoms with E-state index in [0.29, 0.717) is 31.5 Å². The molecule has 3 aliphatic rings. The maximum atomic E-state index is 12.8. The fourth-order valence-electron chi connectivity index (χ4n) is 4.18. The fourth-order valence-corrected chi connectivity index (χ4v) is 5.51. The van der Waals surface area contributed by atoms with Crippen LogP contribution in [-0.2, 0) is 22.6 Å². The maximum absolute atomic E-state index is 12.8. The predicted molar refractivity (Wildman–Crippen MR) is 104 cm³/mol. The molecule has 1 atom stereocenters. The summed E-state index contributed by atoms with van der Waals surface area (Å²) in [6, 6.07) is 0.284. The Morgan fingerprint density at radius 3 is 2.78 bits per heavy atom. The molecule has 4 rings (SSSR count). The molecule has 3 amide bonds. The lowest BCUT2D eigenvalue weighted by Gasteiger charge is -2.30. The number of piperidine rings is 1. The van der Waals surface area contributed by atoms with Gasteiger partial charge in [-0.05, 0) is 31.4 Å². The number of fused-ring (bicyclic) bond motifs is 3. The van der Waals surface area contributed by atoms with Crippen molar-refractivity contribution in [3.8, 4) is 0 Å². The molecule has 8 heteroatoms. The minimum absolute atomic E-state index is 0.0838. The zero-order valence-corrected chi connectivity index (χ0v) is 16.7. The van der Waals surface area contributed by atoms with Crippen LogP contribution in [-0.4, -0.2) is 67.3 Å². The van der Waals surface area contributed by atoms with Gasteiger partial charge < -0.3 is 20.0 Å². The fraction of sp³-hybridized carbons (Fsp3) is 0.632. The van der Waals surface area contributed by atoms with Crippen LogP contribution in [0, 0.1) is 0 Å². The van der Waals surface area contributed by atoms with Crippen molar-refractivity contribution in [2.45, 2.75) is 44.7 Å². The molecule has 0 radical (unpaired) electrons. The number of anilines is 1. The Balaban J connectivity index is 1.55. The third kappa shape index (κ3) is 3.36. The summed E-state index contributed by atoms with van der Waals surface area (Å²) in [5.41, 5.74) is 1.68. The first-order valence-electron chi connectivity index (χ1n) is 9.63. The molecule has 4 heterocycles. The molecule has 0 saturated carbocycles. The Bertz CT molecular complexity index is 784. The van der Waals surface area contributed by atoms with E-state index in [9.17, 15) is 14.4 Å². The van der Waals surface area contributed by atoms with Gasteiger partial charge in [0.1, 0.15) is 11.5 Å². The van der Waals surface area contributed by atoms with E-state index in [1.54, 1.807) is 19.0 Å². The zero-order valence-electron chi connectivity index (χ0n) is 15.9. The SMILES string of the molecule is CN1CC(=O)N(C)c2sc3c(c2C1=O)CCN(C(=O)CC1CCCCN1)C3. The van der Waals surface area contributed by atoms with Gasteiger partial charge in [0.05, 0.1) is 12.1 Å². The highest BCUT2D eigenvalue weighted by Gasteiger charge is 2.36. The second-order valence-corrected chi connectivity index (χ2v) is 8.80. The maximum Gasteiger partial charge on any atom is 0.257 e. The quantitative estimate of drug-likeness (QED) is 0.824. The average Bonchev–Trinajstić information content (AvgIpc) is 3.02. The van der Waals surface area contributed by atoms with E-state index in [0.717, 1.165) is 28.4 Å². The number of hydrogen-bond acceptors (Lipinski definition) is 5. The predicted octanol–water partition coefficient (Wildman–Crippen LogP) is 1.21. The molecule has 0 aromatic carbocycles. The van der Waals surface area contributed by atoms with E-state index >= 15 is 0 Å². The molecule has 3 aliphatic heterocycles. The van der Waals surface area contributed by atoms with Gasteiger partial charge in [-0.25, -0.2) is 0 Å². The Morgan fingerprint density at radius 1 is 1.22 bits per heavy atom. The zero-order chi connectivity index (χ0) is 19.1. The van der Waals surface area contributed by atoms with Gasteiger partial charge >= 0.3 is 0 Å². The van der Waals surface area contributed by atoms with Crippen molar-refractivity contribution in [3.63, 3.8) is 0 Å². The number of carbonyl (C=O) groups is 3. The van der Waals surface area contributed by atoms with Crippen molar-refractivity contribution in [2.75, 3.05) is 38.6 Å². The number of nitrogens with zero attached hydrogens (tertiary/aromatic N) is 3. The van der Waals surface area contributed by atoms with Crippen LogP contribution < -0.4 is 10.2 Å². The van der Waals surface area contributed by atoms with E-state index in [1.165, 1.54) is 29.1 Å². The summed E-state index contributed by atoms with van der Waals surface area (Å²) in [7, 11) is 3.40. The molecule has 0 aliphatic carbocycles. The van der Waals surface area contributed by atoms with E-state index in [1.807, 2.05) is 4.90 Å². The van der Waals surface area contributed by atoms with E-state index in [-0.39, 0.29) is 30.3 Å². The summed E-state index contributed by atoms with van der Waals surface area (Å²) in [5.74, 6) is 0.00223. The van der Waals surface area contributed by atoms with Gasteiger partial charge in [-0.3, -0.25) is 14.4 Å². The second kappa shape index (κ2) is 7.24. The molecule has 1 aromatic heterocycles. The minimum atomic E-state index is -0.0913. The molecule has 1 aromatic rings. The van der Waals surface area contributed by atoms with Crippen LogP contribution in [0.2, 0.25) is 0 Å². The van der Waals surface area contributed by atoms with Gasteiger partial charge in [0.15, 0.2) is 0 Å². The van der Waals surface area contributed by atoms with Gasteiger partial charge in [-0.1, -0.05) is 6.42 Å². The highest BCUT2D eigenvalue weighted by atomic mass is 32.1. The number of thiophene rings is 1. The van der Waals surface area contributed by atoms with Crippen molar-refractivity contribution >= 4 is 34.1 Å². The number of rotatable bonds is 2. The van der Waals surface area contributed by atoms with Crippen LogP contribution in [0.4, 0.5) is 5.00 Å². The standard InChI is InChI=1S/C19H26N4O3S/c1-21-11-16(25)22(2)19-17(18(21)26)13-6-8-23(10-14(13)27-19)15(24)9-12-5-3-4-7-20-12/h12,20H,3-11H2,1-2H3. The smallest absolute Gasteiger partial charge is 0.257 e. The molecular formula is C19H26N4O3S. The highest BCUT2D eigenvalue weighted by molar-refractivity contribution is 7.17. The number of nitrogens with one attached hydrogen (secondary N) is 1. The first-order valence-corrected chi connectivity index (χ1v) is 10.4. The summed E-state index contributed by atoms with van der Waals surface area (Å²) in [6.07, 6.45) is 4.65. The molecule has 146 valence electrons. The first-order chi connectivity index (χ1) is 13.0. The molecule has 1 fully saturated rings. The van der Waals surface area contributed by atoms with E-state index < -0.39 is 0 Å². The van der Waals surface area contributed by atoms with Crippen molar-refractivity contribution in [1.29, 1.82) is 0 Å². The van der Waals surface area contributed by atoms with Gasteiger partial charge in [0.2, 0.25) is 11.8 Å². The Hall–Kier alpha value is -1.93. The first kappa shape index (κ1) is 18.4. The Kier molecular flexibility index (Phi) is 4.94. The van der Waals surface area contributed by atoms with Crippen molar-refractivity contribution < 1.29 is 14.4 Å². The molecule has 0 bridgehead atoms. The van der Waals surface area contributed by atoms with E-state index in [4.69, 9.17) is 0 Å². The van der Waals surface area contributed by atoms with Gasteiger partial charge in [0, 0.05) is 38.0 Å². The summed E-state index contributed by atoms with van der Waals surface area (Å²) in [4.78, 5) is 43.9. The average molecular weight is 391 g/mol. The van der Waals surface area contributed by atoms with Crippen LogP contribution in [0.3, 0.4) is 0 Å². The van der Waals surface area contributed by atoms with Gasteiger partial charge in [0.25, 0.3) is 5.91 Å². The topological polar surface area (TPSA) is 73.0 Å². The molecule has 1 N–H and O–H groups in total. The lowest BCUT2D eigenvalue weighted by molar-refractivity contribution is -0.132. The molecule has 1 unspecified atom stereocenters. The summed E-state index contributed by atoms with van der Waals surface area (Å²) in [5, 5.41) is 4.16. The number of hydrogen-bond donors (Lipinski definition) is 1. The second-order valence-electron chi connectivity index (χ2n) is 7.71. The van der Waals surface area contributed by atoms with Crippen LogP contribution in [0.25, 0.3) is 0 Å². The number of carbonyl (C=O) groups excluding carboxylic acids is 3. The minimum Gasteiger partial charge on any atom is -0.337 e. The van der Waals surface area contributed by atoms with Crippen molar-refractivity contribution in [3.05, 3.63) is 16.0 Å². The van der Waals surface area contributed by atoms with Gasteiger partial charge in [-0.15, -0.1) is 11.3 Å². The Labute approximate surface area is 163 Å². The van der Waals surface area contributed by atoms with Gasteiger partial charge in [-0.2, -0.15) is 0 Å². The van der Waals surface area contributed by atoms with E-state index in [2.05, 4.69) is 5.32 Å². The largest absolute Gasteiger partial charge is 0.337 e. The lowest BCUT2D eigenvalue weighted by Crippen LogP contribution is -2.42. The highest BCUT2D eigenvalue weighted by Crippen LogP contribution is 2.40. The van der Waals surface area contributed by atoms with Crippen molar-refractivity contribution in [2.24, 2.45) is 0 Å².